The summed E-state index contributed by atoms with van der Waals surface area (Å²) in [5.41, 5.74) is 2.66. The van der Waals surface area contributed by atoms with Crippen LogP contribution in [0, 0.1) is 6.92 Å². The number of phenols is 1. The van der Waals surface area contributed by atoms with E-state index in [1.165, 1.54) is 35.8 Å². The van der Waals surface area contributed by atoms with Gasteiger partial charge in [0.2, 0.25) is 0 Å². The van der Waals surface area contributed by atoms with Crippen molar-refractivity contribution in [2.75, 3.05) is 18.0 Å². The standard InChI is InChI=1S/C18H22NOP.2ClH.Ti/c1-14-9-10-17(21-18-8-4-3-7-16(18)20)15(13-14)19-11-5-2-6-12-19;;;/h3-4,7-10,13,20-21H,2,5-6,11-12H2,1H3;2*1H;/q;;;+2/p-2. The van der Waals surface area contributed by atoms with Gasteiger partial charge in [-0.3, -0.25) is 0 Å². The van der Waals surface area contributed by atoms with E-state index >= 15 is 0 Å². The fraction of sp³-hybridized carbons (Fsp3) is 0.333. The number of benzene rings is 2. The molecule has 1 saturated heterocycles. The van der Waals surface area contributed by atoms with E-state index in [0.717, 1.165) is 18.4 Å². The van der Waals surface area contributed by atoms with Gasteiger partial charge in [0.25, 0.3) is 0 Å². The third-order valence-electron chi connectivity index (χ3n) is 4.02. The summed E-state index contributed by atoms with van der Waals surface area (Å²) >= 11 is -0.556. The topological polar surface area (TPSA) is 23.5 Å². The molecule has 128 valence electrons. The zero-order valence-corrected chi connectivity index (χ0v) is 17.8. The van der Waals surface area contributed by atoms with Crippen LogP contribution in [-0.4, -0.2) is 18.2 Å². The molecule has 0 spiro atoms. The Balaban J connectivity index is 0.000000647. The van der Waals surface area contributed by atoms with E-state index in [0.29, 0.717) is 14.3 Å². The molecule has 6 heteroatoms. The van der Waals surface area contributed by atoms with Crippen molar-refractivity contribution in [3.63, 3.8) is 0 Å². The first-order chi connectivity index (χ1) is 11.7. The number of rotatable bonds is 3. The summed E-state index contributed by atoms with van der Waals surface area (Å²) in [7, 11) is 10.3. The Labute approximate surface area is 163 Å². The van der Waals surface area contributed by atoms with Gasteiger partial charge in [0, 0.05) is 29.4 Å². The van der Waals surface area contributed by atoms with E-state index in [9.17, 15) is 5.11 Å². The van der Waals surface area contributed by atoms with E-state index in [1.54, 1.807) is 6.07 Å². The Hall–Kier alpha value is -0.236. The van der Waals surface area contributed by atoms with Crippen LogP contribution in [0.1, 0.15) is 24.8 Å². The zero-order chi connectivity index (χ0) is 17.4. The van der Waals surface area contributed by atoms with Crippen molar-refractivity contribution in [3.05, 3.63) is 48.0 Å². The Kier molecular flexibility index (Phi) is 8.94. The number of phenolic OH excluding ortho intramolecular Hbond substituents is 1. The molecule has 0 bridgehead atoms. The van der Waals surface area contributed by atoms with Gasteiger partial charge in [0.1, 0.15) is 5.75 Å². The van der Waals surface area contributed by atoms with Crippen LogP contribution in [-0.2, 0) is 17.0 Å². The number of piperidine rings is 1. The monoisotopic (exact) mass is 417 g/mol. The van der Waals surface area contributed by atoms with Gasteiger partial charge in [0.05, 0.1) is 0 Å². The van der Waals surface area contributed by atoms with E-state index in [2.05, 4.69) is 30.0 Å². The van der Waals surface area contributed by atoms with E-state index in [1.807, 2.05) is 18.2 Å². The number of halogens is 2. The normalized spacial score (nSPS) is 14.4. The molecule has 1 heterocycles. The number of para-hydroxylation sites is 1. The summed E-state index contributed by atoms with van der Waals surface area (Å²) in [6.07, 6.45) is 3.92. The maximum atomic E-state index is 10.0. The van der Waals surface area contributed by atoms with Crippen LogP contribution in [0.25, 0.3) is 0 Å². The van der Waals surface area contributed by atoms with Crippen LogP contribution < -0.4 is 15.5 Å². The van der Waals surface area contributed by atoms with Crippen molar-refractivity contribution >= 4 is 43.5 Å². The van der Waals surface area contributed by atoms with Crippen LogP contribution >= 0.6 is 27.2 Å². The Morgan fingerprint density at radius 1 is 1.00 bits per heavy atom. The number of hydrogen-bond acceptors (Lipinski definition) is 2. The van der Waals surface area contributed by atoms with Crippen molar-refractivity contribution < 1.29 is 22.1 Å². The molecule has 1 N–H and O–H groups in total. The average Bonchev–Trinajstić information content (AvgIpc) is 2.60. The zero-order valence-electron chi connectivity index (χ0n) is 13.7. The summed E-state index contributed by atoms with van der Waals surface area (Å²) in [6.45, 7) is 4.46. The summed E-state index contributed by atoms with van der Waals surface area (Å²) in [4.78, 5) is 2.51. The van der Waals surface area contributed by atoms with E-state index in [-0.39, 0.29) is 0 Å². The molecule has 0 amide bonds. The van der Waals surface area contributed by atoms with Gasteiger partial charge in [0.15, 0.2) is 0 Å². The molecule has 0 radical (unpaired) electrons. The Morgan fingerprint density at radius 3 is 2.33 bits per heavy atom. The van der Waals surface area contributed by atoms with Crippen molar-refractivity contribution in [1.29, 1.82) is 0 Å². The minimum absolute atomic E-state index is 0.404. The molecule has 1 aliphatic rings. The number of nitrogens with zero attached hydrogens (tertiary/aromatic N) is 1. The molecule has 1 fully saturated rings. The molecule has 2 aromatic carbocycles. The first kappa shape index (κ1) is 20.1. The number of aromatic hydroxyl groups is 1. The first-order valence-electron chi connectivity index (χ1n) is 8.02. The van der Waals surface area contributed by atoms with Gasteiger partial charge in [-0.2, -0.15) is 0 Å². The molecule has 1 aliphatic heterocycles. The molecule has 0 aliphatic carbocycles. The van der Waals surface area contributed by atoms with Gasteiger partial charge in [-0.15, -0.1) is 0 Å². The maximum absolute atomic E-state index is 10.0. The van der Waals surface area contributed by atoms with Gasteiger partial charge in [-0.05, 0) is 43.9 Å². The SMILES string of the molecule is Cc1ccc(Pc2ccccc2O)c(N2CCCCC2)c1.[Cl][Ti][Cl]. The Morgan fingerprint density at radius 2 is 1.67 bits per heavy atom. The molecular formula is C18H22Cl2NOPTi. The van der Waals surface area contributed by atoms with Crippen LogP contribution in [0.15, 0.2) is 42.5 Å². The molecule has 0 saturated carbocycles. The predicted molar refractivity (Wildman–Crippen MR) is 105 cm³/mol. The second-order valence-electron chi connectivity index (χ2n) is 5.78. The predicted octanol–water partition coefficient (Wildman–Crippen LogP) is 4.70. The molecule has 1 atom stereocenters. The number of anilines is 1. The van der Waals surface area contributed by atoms with Crippen molar-refractivity contribution in [1.82, 2.24) is 0 Å². The van der Waals surface area contributed by atoms with Crippen molar-refractivity contribution in [3.8, 4) is 5.75 Å². The van der Waals surface area contributed by atoms with Crippen molar-refractivity contribution in [2.24, 2.45) is 0 Å². The van der Waals surface area contributed by atoms with Gasteiger partial charge >= 0.3 is 35.6 Å². The average molecular weight is 418 g/mol. The van der Waals surface area contributed by atoms with Crippen LogP contribution in [0.4, 0.5) is 5.69 Å². The summed E-state index contributed by atoms with van der Waals surface area (Å²) in [5.74, 6) is 0.404. The third kappa shape index (κ3) is 5.93. The summed E-state index contributed by atoms with van der Waals surface area (Å²) < 4.78 is 0. The van der Waals surface area contributed by atoms with Crippen LogP contribution in [0.3, 0.4) is 0 Å². The second-order valence-corrected chi connectivity index (χ2v) is 9.69. The summed E-state index contributed by atoms with van der Waals surface area (Å²) in [5, 5.41) is 12.4. The second kappa shape index (κ2) is 10.7. The first-order valence-corrected chi connectivity index (χ1v) is 13.3. The Bertz CT molecular complexity index is 651. The molecular weight excluding hydrogens is 396 g/mol. The van der Waals surface area contributed by atoms with Crippen molar-refractivity contribution in [2.45, 2.75) is 26.2 Å². The molecule has 0 aromatic heterocycles. The molecule has 1 unspecified atom stereocenters. The fourth-order valence-corrected chi connectivity index (χ4v) is 4.07. The third-order valence-corrected chi connectivity index (χ3v) is 5.41. The van der Waals surface area contributed by atoms with Gasteiger partial charge < -0.3 is 10.0 Å². The molecule has 2 aromatic rings. The molecule has 3 rings (SSSR count). The van der Waals surface area contributed by atoms with Crippen LogP contribution in [0.5, 0.6) is 5.75 Å². The van der Waals surface area contributed by atoms with Gasteiger partial charge in [-0.25, -0.2) is 0 Å². The van der Waals surface area contributed by atoms with E-state index in [4.69, 9.17) is 18.6 Å². The van der Waals surface area contributed by atoms with Gasteiger partial charge in [-0.1, -0.05) is 38.9 Å². The molecule has 24 heavy (non-hydrogen) atoms. The van der Waals surface area contributed by atoms with Crippen LogP contribution in [0.2, 0.25) is 0 Å². The van der Waals surface area contributed by atoms with E-state index < -0.39 is 17.0 Å². The number of hydrogen-bond donors (Lipinski definition) is 1. The fourth-order valence-electron chi connectivity index (χ4n) is 2.87. The quantitative estimate of drug-likeness (QED) is 0.578. The summed E-state index contributed by atoms with van der Waals surface area (Å²) in [6, 6.07) is 14.4. The molecule has 2 nitrogen and oxygen atoms in total. The number of aryl methyl sites for hydroxylation is 1. The minimum atomic E-state index is -0.556.